The number of hydrogen-bond acceptors (Lipinski definition) is 0. The van der Waals surface area contributed by atoms with Crippen molar-refractivity contribution in [2.45, 2.75) is 56.9 Å². The number of benzene rings is 1. The van der Waals surface area contributed by atoms with E-state index in [2.05, 4.69) is 44.8 Å². The molecule has 4 rings (SSSR count). The van der Waals surface area contributed by atoms with Crippen LogP contribution in [0.2, 0.25) is 0 Å². The molecule has 0 spiro atoms. The largest absolute Gasteiger partial charge is 0.320 e. The average Bonchev–Trinajstić information content (AvgIpc) is 2.52. The average molecular weight is 296 g/mol. The fourth-order valence-electron chi connectivity index (χ4n) is 6.10. The van der Waals surface area contributed by atoms with E-state index >= 15 is 0 Å². The molecule has 2 unspecified atom stereocenters. The van der Waals surface area contributed by atoms with E-state index in [4.69, 9.17) is 0 Å². The summed E-state index contributed by atoms with van der Waals surface area (Å²) >= 11 is 0. The molecule has 2 fully saturated rings. The van der Waals surface area contributed by atoms with Crippen LogP contribution in [0.25, 0.3) is 0 Å². The van der Waals surface area contributed by atoms with Gasteiger partial charge in [0.15, 0.2) is 0 Å². The van der Waals surface area contributed by atoms with Crippen LogP contribution in [0.15, 0.2) is 30.9 Å². The molecule has 0 N–H and O–H groups in total. The topological polar surface area (TPSA) is 0 Å². The first-order valence-electron chi connectivity index (χ1n) is 9.14. The van der Waals surface area contributed by atoms with Gasteiger partial charge in [0.05, 0.1) is 26.2 Å². The fourth-order valence-corrected chi connectivity index (χ4v) is 6.10. The van der Waals surface area contributed by atoms with Gasteiger partial charge < -0.3 is 4.48 Å². The van der Waals surface area contributed by atoms with E-state index in [9.17, 15) is 0 Å². The van der Waals surface area contributed by atoms with Crippen molar-refractivity contribution in [2.75, 3.05) is 20.1 Å². The maximum Gasteiger partial charge on any atom is 0.0971 e. The number of fused-ring (bicyclic) bond motifs is 1. The van der Waals surface area contributed by atoms with E-state index in [0.29, 0.717) is 5.41 Å². The summed E-state index contributed by atoms with van der Waals surface area (Å²) in [4.78, 5) is 0. The van der Waals surface area contributed by atoms with Gasteiger partial charge in [0.1, 0.15) is 0 Å². The van der Waals surface area contributed by atoms with Gasteiger partial charge in [-0.1, -0.05) is 43.2 Å². The highest BCUT2D eigenvalue weighted by Crippen LogP contribution is 2.57. The lowest BCUT2D eigenvalue weighted by Gasteiger charge is -2.61. The summed E-state index contributed by atoms with van der Waals surface area (Å²) in [5.74, 6) is 0.897. The maximum atomic E-state index is 4.05. The van der Waals surface area contributed by atoms with E-state index < -0.39 is 0 Å². The van der Waals surface area contributed by atoms with Gasteiger partial charge in [-0.15, -0.1) is 0 Å². The summed E-state index contributed by atoms with van der Waals surface area (Å²) < 4.78 is 1.23. The second kappa shape index (κ2) is 4.96. The van der Waals surface area contributed by atoms with Crippen molar-refractivity contribution in [3.05, 3.63) is 47.5 Å². The van der Waals surface area contributed by atoms with Crippen molar-refractivity contribution in [3.63, 3.8) is 0 Å². The molecule has 2 aliphatic carbocycles. The Morgan fingerprint density at radius 3 is 3.00 bits per heavy atom. The molecule has 1 aliphatic heterocycles. The molecule has 22 heavy (non-hydrogen) atoms. The highest BCUT2D eigenvalue weighted by atomic mass is 15.4. The minimum absolute atomic E-state index is 0.501. The third-order valence-corrected chi connectivity index (χ3v) is 7.21. The van der Waals surface area contributed by atoms with E-state index in [0.717, 1.165) is 18.5 Å². The molecular formula is C21H30N+. The molecule has 1 nitrogen and oxygen atoms in total. The monoisotopic (exact) mass is 296 g/mol. The zero-order chi connectivity index (χ0) is 15.4. The number of aryl methyl sites for hydroxylation is 1. The van der Waals surface area contributed by atoms with Crippen molar-refractivity contribution < 1.29 is 4.48 Å². The molecule has 1 aromatic rings. The second-order valence-electron chi connectivity index (χ2n) is 8.36. The first kappa shape index (κ1) is 14.5. The summed E-state index contributed by atoms with van der Waals surface area (Å²) in [5.41, 5.74) is 5.34. The fraction of sp³-hybridized carbons (Fsp3) is 0.619. The highest BCUT2D eigenvalue weighted by Gasteiger charge is 2.58. The minimum atomic E-state index is 0.501. The Bertz CT molecular complexity index is 604. The molecule has 0 radical (unpaired) electrons. The Morgan fingerprint density at radius 1 is 1.32 bits per heavy atom. The van der Waals surface area contributed by atoms with Crippen LogP contribution in [0.5, 0.6) is 0 Å². The highest BCUT2D eigenvalue weighted by molar-refractivity contribution is 5.42. The van der Waals surface area contributed by atoms with Gasteiger partial charge in [-0.2, -0.15) is 0 Å². The summed E-state index contributed by atoms with van der Waals surface area (Å²) in [6, 6.07) is 8.11. The molecule has 1 heterocycles. The first-order chi connectivity index (χ1) is 10.6. The van der Waals surface area contributed by atoms with Crippen LogP contribution in [0, 0.1) is 12.8 Å². The molecule has 118 valence electrons. The Morgan fingerprint density at radius 2 is 2.18 bits per heavy atom. The van der Waals surface area contributed by atoms with Crippen LogP contribution in [-0.2, 0) is 11.8 Å². The van der Waals surface area contributed by atoms with Crippen molar-refractivity contribution in [1.82, 2.24) is 0 Å². The Hall–Kier alpha value is -1.08. The van der Waals surface area contributed by atoms with Gasteiger partial charge in [0.2, 0.25) is 0 Å². The number of piperidine rings is 1. The molecule has 1 saturated carbocycles. The minimum Gasteiger partial charge on any atom is -0.320 e. The first-order valence-corrected chi connectivity index (χ1v) is 9.14. The van der Waals surface area contributed by atoms with Crippen LogP contribution in [-0.4, -0.2) is 30.7 Å². The predicted molar refractivity (Wildman–Crippen MR) is 93.0 cm³/mol. The third-order valence-electron chi connectivity index (χ3n) is 7.21. The second-order valence-corrected chi connectivity index (χ2v) is 8.36. The van der Waals surface area contributed by atoms with Gasteiger partial charge in [0.25, 0.3) is 0 Å². The molecule has 4 atom stereocenters. The van der Waals surface area contributed by atoms with E-state index in [1.165, 1.54) is 55.1 Å². The van der Waals surface area contributed by atoms with Crippen LogP contribution in [0.1, 0.15) is 48.8 Å². The lowest BCUT2D eigenvalue weighted by atomic mass is 9.51. The van der Waals surface area contributed by atoms with E-state index in [-0.39, 0.29) is 0 Å². The number of hydrogen-bond donors (Lipinski definition) is 0. The Kier molecular flexibility index (Phi) is 3.27. The lowest BCUT2D eigenvalue weighted by Crippen LogP contribution is -2.68. The lowest BCUT2D eigenvalue weighted by molar-refractivity contribution is -0.940. The molecule has 2 bridgehead atoms. The number of rotatable bonds is 2. The Labute approximate surface area is 135 Å². The smallest absolute Gasteiger partial charge is 0.0971 e. The predicted octanol–water partition coefficient (Wildman–Crippen LogP) is 4.38. The molecule has 3 aliphatic rings. The van der Waals surface area contributed by atoms with Crippen LogP contribution in [0.4, 0.5) is 0 Å². The molecule has 1 aromatic carbocycles. The van der Waals surface area contributed by atoms with Gasteiger partial charge in [-0.25, -0.2) is 0 Å². The number of quaternary nitrogens is 1. The van der Waals surface area contributed by atoms with E-state index in [1.807, 2.05) is 0 Å². The standard InChI is InChI=1S/C21H30N/c1-4-12-22(3)13-11-21-10-6-5-7-18(21)20(22)15-17-9-8-16(2)14-19(17)21/h4,8-9,14,18,20H,1,5-7,10-13,15H2,2-3H3/q+1/t18?,20?,21-,22+/m1/s1. The summed E-state index contributed by atoms with van der Waals surface area (Å²) in [6.07, 6.45) is 10.6. The van der Waals surface area contributed by atoms with Gasteiger partial charge in [-0.05, 0) is 37.0 Å². The molecule has 0 aromatic heterocycles. The normalized spacial score (nSPS) is 39.7. The number of nitrogens with zero attached hydrogens (tertiary/aromatic N) is 1. The summed E-state index contributed by atoms with van der Waals surface area (Å²) in [6.45, 7) is 8.79. The van der Waals surface area contributed by atoms with Crippen LogP contribution in [0.3, 0.4) is 0 Å². The summed E-state index contributed by atoms with van der Waals surface area (Å²) in [5, 5.41) is 0. The van der Waals surface area contributed by atoms with Crippen molar-refractivity contribution >= 4 is 0 Å². The van der Waals surface area contributed by atoms with Crippen molar-refractivity contribution in [1.29, 1.82) is 0 Å². The zero-order valence-electron chi connectivity index (χ0n) is 14.3. The molecular weight excluding hydrogens is 266 g/mol. The quantitative estimate of drug-likeness (QED) is 0.561. The molecule has 0 amide bonds. The van der Waals surface area contributed by atoms with Crippen LogP contribution >= 0.6 is 0 Å². The molecule has 1 saturated heterocycles. The van der Waals surface area contributed by atoms with Gasteiger partial charge in [0, 0.05) is 24.2 Å². The van der Waals surface area contributed by atoms with Gasteiger partial charge in [-0.3, -0.25) is 0 Å². The van der Waals surface area contributed by atoms with Crippen LogP contribution < -0.4 is 0 Å². The maximum absolute atomic E-state index is 4.05. The van der Waals surface area contributed by atoms with Crippen molar-refractivity contribution in [2.24, 2.45) is 5.92 Å². The third kappa shape index (κ3) is 1.88. The summed E-state index contributed by atoms with van der Waals surface area (Å²) in [7, 11) is 2.49. The number of likely N-dealkylation sites (tertiary alicyclic amines) is 1. The molecule has 1 heteroatoms. The zero-order valence-corrected chi connectivity index (χ0v) is 14.3. The van der Waals surface area contributed by atoms with Gasteiger partial charge >= 0.3 is 0 Å². The SMILES string of the molecule is C=CC[N@@+]1(C)CC[C@]23CCCCC2C1Cc1ccc(C)cc13. The van der Waals surface area contributed by atoms with Crippen molar-refractivity contribution in [3.8, 4) is 0 Å². The van der Waals surface area contributed by atoms with E-state index in [1.54, 1.807) is 11.1 Å². The number of likely N-dealkylation sites (N-methyl/N-ethyl adjacent to an activating group) is 1. The Balaban J connectivity index is 1.87.